The van der Waals surface area contributed by atoms with Gasteiger partial charge in [-0.15, -0.1) is 0 Å². The predicted octanol–water partition coefficient (Wildman–Crippen LogP) is 0.392. The summed E-state index contributed by atoms with van der Waals surface area (Å²) in [6.45, 7) is 2.31. The summed E-state index contributed by atoms with van der Waals surface area (Å²) < 4.78 is 5.26. The molecule has 5 nitrogen and oxygen atoms in total. The number of aliphatic hydroxyl groups is 1. The topological polar surface area (TPSA) is 84.6 Å². The van der Waals surface area contributed by atoms with Gasteiger partial charge in [-0.05, 0) is 30.2 Å². The summed E-state index contributed by atoms with van der Waals surface area (Å²) >= 11 is 0. The van der Waals surface area contributed by atoms with Crippen molar-refractivity contribution < 1.29 is 14.6 Å². The van der Waals surface area contributed by atoms with Gasteiger partial charge in [0, 0.05) is 18.8 Å². The number of amides is 1. The zero-order chi connectivity index (χ0) is 12.7. The van der Waals surface area contributed by atoms with Gasteiger partial charge in [-0.25, -0.2) is 0 Å². The second-order valence-corrected chi connectivity index (χ2v) is 3.95. The molecule has 1 unspecified atom stereocenters. The molecule has 0 aliphatic rings. The number of nitrogen functional groups attached to an aromatic ring is 1. The minimum atomic E-state index is -0.206. The largest absolute Gasteiger partial charge is 0.484 e. The van der Waals surface area contributed by atoms with Gasteiger partial charge < -0.3 is 20.9 Å². The molecule has 5 heteroatoms. The third-order valence-corrected chi connectivity index (χ3v) is 2.21. The summed E-state index contributed by atoms with van der Waals surface area (Å²) in [5.41, 5.74) is 6.17. The smallest absolute Gasteiger partial charge is 0.257 e. The Morgan fingerprint density at radius 3 is 2.71 bits per heavy atom. The molecule has 0 spiro atoms. The average molecular weight is 238 g/mol. The summed E-state index contributed by atoms with van der Waals surface area (Å²) in [5, 5.41) is 11.5. The van der Waals surface area contributed by atoms with Crippen LogP contribution < -0.4 is 15.8 Å². The van der Waals surface area contributed by atoms with Crippen molar-refractivity contribution in [3.8, 4) is 5.75 Å². The number of ether oxygens (including phenoxy) is 1. The van der Waals surface area contributed by atoms with Crippen LogP contribution in [0.3, 0.4) is 0 Å². The van der Waals surface area contributed by atoms with Crippen molar-refractivity contribution in [3.05, 3.63) is 24.3 Å². The number of rotatable bonds is 6. The lowest BCUT2D eigenvalue weighted by Gasteiger charge is -2.10. The van der Waals surface area contributed by atoms with E-state index in [0.717, 1.165) is 0 Å². The molecule has 1 amide bonds. The lowest BCUT2D eigenvalue weighted by molar-refractivity contribution is -0.123. The van der Waals surface area contributed by atoms with Gasteiger partial charge in [0.15, 0.2) is 6.61 Å². The number of anilines is 1. The highest BCUT2D eigenvalue weighted by atomic mass is 16.5. The van der Waals surface area contributed by atoms with E-state index in [1.54, 1.807) is 24.3 Å². The third kappa shape index (κ3) is 5.21. The highest BCUT2D eigenvalue weighted by Crippen LogP contribution is 2.12. The molecule has 0 saturated carbocycles. The number of hydrogen-bond acceptors (Lipinski definition) is 4. The molecule has 94 valence electrons. The first-order valence-corrected chi connectivity index (χ1v) is 5.47. The Hall–Kier alpha value is -1.75. The predicted molar refractivity (Wildman–Crippen MR) is 65.6 cm³/mol. The lowest BCUT2D eigenvalue weighted by atomic mass is 10.2. The highest BCUT2D eigenvalue weighted by molar-refractivity contribution is 5.77. The Bertz CT molecular complexity index is 351. The lowest BCUT2D eigenvalue weighted by Crippen LogP contribution is -2.33. The molecular weight excluding hydrogens is 220 g/mol. The third-order valence-electron chi connectivity index (χ3n) is 2.21. The first kappa shape index (κ1) is 13.3. The summed E-state index contributed by atoms with van der Waals surface area (Å²) in [5.74, 6) is 0.446. The fraction of sp³-hybridized carbons (Fsp3) is 0.417. The number of carbonyl (C=O) groups excluding carboxylic acids is 1. The van der Waals surface area contributed by atoms with E-state index in [1.807, 2.05) is 6.92 Å². The Kier molecular flexibility index (Phi) is 5.29. The summed E-state index contributed by atoms with van der Waals surface area (Å²) in [6.07, 6.45) is 0. The number of carbonyl (C=O) groups is 1. The van der Waals surface area contributed by atoms with Crippen molar-refractivity contribution in [1.82, 2.24) is 5.32 Å². The van der Waals surface area contributed by atoms with Crippen molar-refractivity contribution in [1.29, 1.82) is 0 Å². The molecule has 0 fully saturated rings. The van der Waals surface area contributed by atoms with Gasteiger partial charge in [0.25, 0.3) is 5.91 Å². The monoisotopic (exact) mass is 238 g/mol. The SMILES string of the molecule is CC(CO)CNC(=O)COc1ccc(N)cc1. The van der Waals surface area contributed by atoms with Crippen LogP contribution >= 0.6 is 0 Å². The molecule has 0 saturated heterocycles. The zero-order valence-electron chi connectivity index (χ0n) is 9.85. The maximum atomic E-state index is 11.4. The summed E-state index contributed by atoms with van der Waals surface area (Å²) in [6, 6.07) is 6.83. The van der Waals surface area contributed by atoms with Crippen LogP contribution in [-0.4, -0.2) is 30.8 Å². The van der Waals surface area contributed by atoms with Gasteiger partial charge in [-0.3, -0.25) is 4.79 Å². The van der Waals surface area contributed by atoms with E-state index in [9.17, 15) is 4.79 Å². The maximum absolute atomic E-state index is 11.4. The van der Waals surface area contributed by atoms with Gasteiger partial charge in [0.05, 0.1) is 0 Å². The second kappa shape index (κ2) is 6.75. The summed E-state index contributed by atoms with van der Waals surface area (Å²) in [4.78, 5) is 11.4. The van der Waals surface area contributed by atoms with Crippen molar-refractivity contribution in [3.63, 3.8) is 0 Å². The van der Waals surface area contributed by atoms with Crippen LogP contribution in [-0.2, 0) is 4.79 Å². The second-order valence-electron chi connectivity index (χ2n) is 3.95. The molecule has 1 aromatic rings. The number of hydrogen-bond donors (Lipinski definition) is 3. The van der Waals surface area contributed by atoms with Gasteiger partial charge >= 0.3 is 0 Å². The number of nitrogens with two attached hydrogens (primary N) is 1. The van der Waals surface area contributed by atoms with Gasteiger partial charge in [-0.1, -0.05) is 6.92 Å². The van der Waals surface area contributed by atoms with Crippen LogP contribution in [0.1, 0.15) is 6.92 Å². The van der Waals surface area contributed by atoms with E-state index in [-0.39, 0.29) is 25.0 Å². The molecule has 0 aliphatic carbocycles. The van der Waals surface area contributed by atoms with E-state index in [1.165, 1.54) is 0 Å². The van der Waals surface area contributed by atoms with Crippen LogP contribution in [0, 0.1) is 5.92 Å². The van der Waals surface area contributed by atoms with E-state index in [0.29, 0.717) is 18.0 Å². The Labute approximate surface area is 101 Å². The van der Waals surface area contributed by atoms with Crippen molar-refractivity contribution in [2.45, 2.75) is 6.92 Å². The minimum absolute atomic E-state index is 0.0396. The first-order chi connectivity index (χ1) is 8.11. The van der Waals surface area contributed by atoms with E-state index in [4.69, 9.17) is 15.6 Å². The molecule has 1 rings (SSSR count). The average Bonchev–Trinajstić information content (AvgIpc) is 2.35. The van der Waals surface area contributed by atoms with E-state index < -0.39 is 0 Å². The van der Waals surface area contributed by atoms with Crippen LogP contribution in [0.4, 0.5) is 5.69 Å². The molecule has 4 N–H and O–H groups in total. The number of nitrogens with one attached hydrogen (secondary N) is 1. The fourth-order valence-electron chi connectivity index (χ4n) is 1.12. The molecular formula is C12H18N2O3. The van der Waals surface area contributed by atoms with E-state index in [2.05, 4.69) is 5.32 Å². The van der Waals surface area contributed by atoms with Crippen molar-refractivity contribution >= 4 is 11.6 Å². The van der Waals surface area contributed by atoms with E-state index >= 15 is 0 Å². The molecule has 0 aliphatic heterocycles. The first-order valence-electron chi connectivity index (χ1n) is 5.47. The molecule has 17 heavy (non-hydrogen) atoms. The van der Waals surface area contributed by atoms with Crippen LogP contribution in [0.2, 0.25) is 0 Å². The Balaban J connectivity index is 2.26. The van der Waals surface area contributed by atoms with Crippen LogP contribution in [0.25, 0.3) is 0 Å². The number of benzene rings is 1. The molecule has 0 aromatic heterocycles. The highest BCUT2D eigenvalue weighted by Gasteiger charge is 2.05. The van der Waals surface area contributed by atoms with Crippen LogP contribution in [0.15, 0.2) is 24.3 Å². The van der Waals surface area contributed by atoms with Crippen molar-refractivity contribution in [2.24, 2.45) is 5.92 Å². The van der Waals surface area contributed by atoms with Gasteiger partial charge in [0.1, 0.15) is 5.75 Å². The van der Waals surface area contributed by atoms with Crippen molar-refractivity contribution in [2.75, 3.05) is 25.5 Å². The standard InChI is InChI=1S/C12H18N2O3/c1-9(7-15)6-14-12(16)8-17-11-4-2-10(13)3-5-11/h2-5,9,15H,6-8,13H2,1H3,(H,14,16). The maximum Gasteiger partial charge on any atom is 0.257 e. The molecule has 1 aromatic carbocycles. The van der Waals surface area contributed by atoms with Gasteiger partial charge in [-0.2, -0.15) is 0 Å². The summed E-state index contributed by atoms with van der Waals surface area (Å²) in [7, 11) is 0. The van der Waals surface area contributed by atoms with Crippen LogP contribution in [0.5, 0.6) is 5.75 Å². The molecule has 0 heterocycles. The van der Waals surface area contributed by atoms with Gasteiger partial charge in [0.2, 0.25) is 0 Å². The quantitative estimate of drug-likeness (QED) is 0.626. The molecule has 0 bridgehead atoms. The number of aliphatic hydroxyl groups excluding tert-OH is 1. The minimum Gasteiger partial charge on any atom is -0.484 e. The Morgan fingerprint density at radius 2 is 2.12 bits per heavy atom. The Morgan fingerprint density at radius 1 is 1.47 bits per heavy atom. The molecule has 1 atom stereocenters. The zero-order valence-corrected chi connectivity index (χ0v) is 9.85. The molecule has 0 radical (unpaired) electrons. The normalized spacial score (nSPS) is 11.9. The fourth-order valence-corrected chi connectivity index (χ4v) is 1.12.